The number of hydrogen-bond donors (Lipinski definition) is 2. The summed E-state index contributed by atoms with van der Waals surface area (Å²) in [5, 5.41) is 13.1. The number of amides is 1. The van der Waals surface area contributed by atoms with Gasteiger partial charge >= 0.3 is 0 Å². The highest BCUT2D eigenvalue weighted by molar-refractivity contribution is 5.96. The van der Waals surface area contributed by atoms with Gasteiger partial charge in [0.25, 0.3) is 5.91 Å². The van der Waals surface area contributed by atoms with Gasteiger partial charge in [-0.25, -0.2) is 0 Å². The molecule has 3 atom stereocenters. The van der Waals surface area contributed by atoms with Crippen LogP contribution < -0.4 is 10.1 Å². The predicted octanol–water partition coefficient (Wildman–Crippen LogP) is 3.99. The molecule has 0 radical (unpaired) electrons. The minimum atomic E-state index is -0.690. The first-order chi connectivity index (χ1) is 15.4. The average Bonchev–Trinajstić information content (AvgIpc) is 3.18. The van der Waals surface area contributed by atoms with Gasteiger partial charge in [0.05, 0.1) is 19.3 Å². The minimum Gasteiger partial charge on any atom is -0.485 e. The van der Waals surface area contributed by atoms with Gasteiger partial charge in [-0.15, -0.1) is 0 Å². The second-order valence-electron chi connectivity index (χ2n) is 8.30. The van der Waals surface area contributed by atoms with Crippen molar-refractivity contribution in [1.29, 1.82) is 0 Å². The molecule has 3 unspecified atom stereocenters. The van der Waals surface area contributed by atoms with Crippen molar-refractivity contribution in [2.75, 3.05) is 13.2 Å². The number of hydrogen-bond acceptors (Lipinski definition) is 5. The number of aliphatic hydroxyl groups is 1. The van der Waals surface area contributed by atoms with E-state index in [1.807, 2.05) is 69.3 Å². The summed E-state index contributed by atoms with van der Waals surface area (Å²) in [6.45, 7) is 6.45. The first kappa shape index (κ1) is 22.0. The lowest BCUT2D eigenvalue weighted by Crippen LogP contribution is -2.30. The fraction of sp³-hybridized carbons (Fsp3) is 0.308. The number of carbonyl (C=O) groups excluding carboxylic acids is 1. The lowest BCUT2D eigenvalue weighted by atomic mass is 10.0. The molecule has 6 heteroatoms. The van der Waals surface area contributed by atoms with Crippen molar-refractivity contribution in [1.82, 2.24) is 10.3 Å². The zero-order valence-electron chi connectivity index (χ0n) is 18.5. The summed E-state index contributed by atoms with van der Waals surface area (Å²) in [6.07, 6.45) is 0.625. The molecule has 0 saturated carbocycles. The fourth-order valence-corrected chi connectivity index (χ4v) is 3.62. The Hall–Kier alpha value is -3.22. The van der Waals surface area contributed by atoms with E-state index in [2.05, 4.69) is 10.3 Å². The third kappa shape index (κ3) is 5.15. The summed E-state index contributed by atoms with van der Waals surface area (Å²) in [6, 6.07) is 17.2. The van der Waals surface area contributed by atoms with Crippen LogP contribution in [0.25, 0.3) is 11.1 Å². The van der Waals surface area contributed by atoms with Gasteiger partial charge in [0.1, 0.15) is 18.0 Å². The molecule has 1 saturated heterocycles. The third-order valence-electron chi connectivity index (χ3n) is 5.62. The van der Waals surface area contributed by atoms with E-state index in [9.17, 15) is 9.90 Å². The quantitative estimate of drug-likeness (QED) is 0.616. The maximum absolute atomic E-state index is 13.1. The Balaban J connectivity index is 1.62. The van der Waals surface area contributed by atoms with Gasteiger partial charge in [0.15, 0.2) is 0 Å². The average molecular weight is 433 g/mol. The molecule has 32 heavy (non-hydrogen) atoms. The molecular formula is C26H28N2O4. The zero-order chi connectivity index (χ0) is 22.7. The van der Waals surface area contributed by atoms with Gasteiger partial charge in [-0.3, -0.25) is 9.78 Å². The number of benzene rings is 2. The number of nitrogens with zero attached hydrogens (tertiary/aromatic N) is 1. The molecule has 2 N–H and O–H groups in total. The first-order valence-corrected chi connectivity index (χ1v) is 10.8. The van der Waals surface area contributed by atoms with Crippen LogP contribution in [0.3, 0.4) is 0 Å². The molecule has 2 aromatic carbocycles. The number of ether oxygens (including phenoxy) is 2. The third-order valence-corrected chi connectivity index (χ3v) is 5.62. The second-order valence-corrected chi connectivity index (χ2v) is 8.30. The monoisotopic (exact) mass is 432 g/mol. The van der Waals surface area contributed by atoms with E-state index in [0.717, 1.165) is 27.9 Å². The van der Waals surface area contributed by atoms with E-state index in [0.29, 0.717) is 17.9 Å². The van der Waals surface area contributed by atoms with E-state index in [-0.39, 0.29) is 18.6 Å². The fourth-order valence-electron chi connectivity index (χ4n) is 3.62. The number of nitrogens with one attached hydrogen (secondary N) is 1. The van der Waals surface area contributed by atoms with E-state index < -0.39 is 12.2 Å². The number of rotatable bonds is 6. The van der Waals surface area contributed by atoms with Crippen LogP contribution in [0.1, 0.15) is 40.1 Å². The normalized spacial score (nSPS) is 18.9. The number of pyridine rings is 1. The Labute approximate surface area is 188 Å². The molecule has 1 aromatic heterocycles. The van der Waals surface area contributed by atoms with Crippen LogP contribution in [0.4, 0.5) is 0 Å². The van der Waals surface area contributed by atoms with Crippen molar-refractivity contribution in [2.24, 2.45) is 0 Å². The molecule has 0 spiro atoms. The second kappa shape index (κ2) is 9.51. The molecule has 4 rings (SSSR count). The summed E-state index contributed by atoms with van der Waals surface area (Å²) in [4.78, 5) is 17.4. The van der Waals surface area contributed by atoms with Gasteiger partial charge in [0, 0.05) is 17.5 Å². The number of aryl methyl sites for hydroxylation is 2. The van der Waals surface area contributed by atoms with Crippen molar-refractivity contribution < 1.29 is 19.4 Å². The maximum Gasteiger partial charge on any atom is 0.251 e. The highest BCUT2D eigenvalue weighted by Crippen LogP contribution is 2.28. The van der Waals surface area contributed by atoms with Crippen molar-refractivity contribution in [2.45, 2.75) is 39.0 Å². The van der Waals surface area contributed by atoms with Gasteiger partial charge in [-0.2, -0.15) is 0 Å². The highest BCUT2D eigenvalue weighted by Gasteiger charge is 2.28. The molecule has 166 valence electrons. The number of aromatic nitrogens is 1. The van der Waals surface area contributed by atoms with Crippen molar-refractivity contribution >= 4 is 5.91 Å². The van der Waals surface area contributed by atoms with Crippen LogP contribution in [0.5, 0.6) is 5.75 Å². The number of carbonyl (C=O) groups is 1. The van der Waals surface area contributed by atoms with Crippen LogP contribution in [-0.2, 0) is 4.74 Å². The lowest BCUT2D eigenvalue weighted by molar-refractivity contribution is 0.0732. The molecule has 1 aliphatic rings. The molecule has 3 aromatic rings. The van der Waals surface area contributed by atoms with Crippen molar-refractivity contribution in [3.63, 3.8) is 0 Å². The topological polar surface area (TPSA) is 80.7 Å². The molecular weight excluding hydrogens is 404 g/mol. The highest BCUT2D eigenvalue weighted by atomic mass is 16.6. The smallest absolute Gasteiger partial charge is 0.251 e. The van der Waals surface area contributed by atoms with Crippen LogP contribution in [0.15, 0.2) is 60.8 Å². The number of aliphatic hydroxyl groups excluding tert-OH is 1. The summed E-state index contributed by atoms with van der Waals surface area (Å²) < 4.78 is 11.3. The summed E-state index contributed by atoms with van der Waals surface area (Å²) in [7, 11) is 0. The van der Waals surface area contributed by atoms with E-state index in [4.69, 9.17) is 9.47 Å². The van der Waals surface area contributed by atoms with Crippen LogP contribution in [-0.4, -0.2) is 41.4 Å². The molecule has 0 aliphatic carbocycles. The van der Waals surface area contributed by atoms with Crippen molar-refractivity contribution in [3.8, 4) is 16.9 Å². The van der Waals surface area contributed by atoms with Crippen LogP contribution in [0.2, 0.25) is 0 Å². The summed E-state index contributed by atoms with van der Waals surface area (Å²) in [5.74, 6) is 0.313. The van der Waals surface area contributed by atoms with E-state index in [1.165, 1.54) is 0 Å². The molecule has 2 heterocycles. The summed E-state index contributed by atoms with van der Waals surface area (Å²) >= 11 is 0. The molecule has 6 nitrogen and oxygen atoms in total. The zero-order valence-corrected chi connectivity index (χ0v) is 18.5. The molecule has 0 bridgehead atoms. The summed E-state index contributed by atoms with van der Waals surface area (Å²) in [5.41, 5.74) is 5.35. The predicted molar refractivity (Wildman–Crippen MR) is 123 cm³/mol. The van der Waals surface area contributed by atoms with Crippen molar-refractivity contribution in [3.05, 3.63) is 83.2 Å². The Bertz CT molecular complexity index is 1080. The van der Waals surface area contributed by atoms with E-state index in [1.54, 1.807) is 12.3 Å². The minimum absolute atomic E-state index is 0.201. The standard InChI is InChI=1S/C26H28N2O4/c1-16-4-7-19(8-5-16)21-10-22(12-23(11-21)32-25-15-31-14-24(25)29)26(30)28-18(3)20-9-6-17(2)27-13-20/h4-13,18,24-25,29H,14-15H2,1-3H3,(H,28,30). The lowest BCUT2D eigenvalue weighted by Gasteiger charge is -2.18. The molecule has 1 fully saturated rings. The van der Waals surface area contributed by atoms with Crippen LogP contribution in [0, 0.1) is 13.8 Å². The Morgan fingerprint density at radius 1 is 1.09 bits per heavy atom. The van der Waals surface area contributed by atoms with Gasteiger partial charge in [-0.05, 0) is 61.7 Å². The van der Waals surface area contributed by atoms with Crippen LogP contribution >= 0.6 is 0 Å². The SMILES string of the molecule is Cc1ccc(-c2cc(OC3COCC3O)cc(C(=O)NC(C)c3ccc(C)nc3)c2)cc1. The van der Waals surface area contributed by atoms with Gasteiger partial charge in [0.2, 0.25) is 0 Å². The van der Waals surface area contributed by atoms with E-state index >= 15 is 0 Å². The Morgan fingerprint density at radius 2 is 1.88 bits per heavy atom. The largest absolute Gasteiger partial charge is 0.485 e. The molecule has 1 amide bonds. The first-order valence-electron chi connectivity index (χ1n) is 10.8. The van der Waals surface area contributed by atoms with Gasteiger partial charge in [-0.1, -0.05) is 35.9 Å². The van der Waals surface area contributed by atoms with Gasteiger partial charge < -0.3 is 19.9 Å². The molecule has 1 aliphatic heterocycles. The Kier molecular flexibility index (Phi) is 6.53. The maximum atomic E-state index is 13.1. The Morgan fingerprint density at radius 3 is 2.53 bits per heavy atom.